The molecule has 0 saturated carbocycles. The maximum atomic E-state index is 13.5. The Bertz CT molecular complexity index is 1450. The number of esters is 1. The molecule has 5 rings (SSSR count). The van der Waals surface area contributed by atoms with Crippen molar-refractivity contribution >= 4 is 39.3 Å². The van der Waals surface area contributed by atoms with Gasteiger partial charge in [0.15, 0.2) is 10.6 Å². The van der Waals surface area contributed by atoms with E-state index in [-0.39, 0.29) is 16.8 Å². The lowest BCUT2D eigenvalue weighted by molar-refractivity contribution is 0.0605. The van der Waals surface area contributed by atoms with Crippen LogP contribution in [-0.4, -0.2) is 24.0 Å². The molecule has 0 saturated heterocycles. The van der Waals surface area contributed by atoms with Gasteiger partial charge < -0.3 is 9.15 Å². The summed E-state index contributed by atoms with van der Waals surface area (Å²) in [5.41, 5.74) is 2.60. The largest absolute Gasteiger partial charge is 0.465 e. The van der Waals surface area contributed by atoms with Crippen molar-refractivity contribution in [3.8, 4) is 0 Å². The third-order valence-electron chi connectivity index (χ3n) is 5.53. The summed E-state index contributed by atoms with van der Waals surface area (Å²) in [4.78, 5) is 45.4. The van der Waals surface area contributed by atoms with Crippen LogP contribution >= 0.6 is 11.3 Å². The molecule has 3 heterocycles. The highest BCUT2D eigenvalue weighted by molar-refractivity contribution is 7.17. The van der Waals surface area contributed by atoms with Crippen LogP contribution < -0.4 is 10.3 Å². The Morgan fingerprint density at radius 1 is 1.09 bits per heavy atom. The lowest BCUT2D eigenvalue weighted by atomic mass is 9.98. The third kappa shape index (κ3) is 2.95. The van der Waals surface area contributed by atoms with Crippen LogP contribution in [0.5, 0.6) is 0 Å². The van der Waals surface area contributed by atoms with Gasteiger partial charge in [0.25, 0.3) is 5.91 Å². The zero-order valence-electron chi connectivity index (χ0n) is 17.5. The van der Waals surface area contributed by atoms with E-state index in [1.807, 2.05) is 31.2 Å². The molecule has 160 valence electrons. The number of hydrogen-bond donors (Lipinski definition) is 0. The Labute approximate surface area is 186 Å². The molecule has 4 aromatic rings. The fourth-order valence-electron chi connectivity index (χ4n) is 3.95. The minimum atomic E-state index is -0.727. The molecule has 2 aromatic heterocycles. The van der Waals surface area contributed by atoms with Gasteiger partial charge in [-0.15, -0.1) is 0 Å². The first-order valence-corrected chi connectivity index (χ1v) is 10.7. The highest BCUT2D eigenvalue weighted by atomic mass is 32.1. The van der Waals surface area contributed by atoms with Crippen LogP contribution in [-0.2, 0) is 4.74 Å². The molecule has 8 heteroatoms. The van der Waals surface area contributed by atoms with Crippen molar-refractivity contribution in [2.45, 2.75) is 19.9 Å². The van der Waals surface area contributed by atoms with Crippen LogP contribution in [0.2, 0.25) is 0 Å². The number of amides is 1. The van der Waals surface area contributed by atoms with E-state index in [4.69, 9.17) is 9.15 Å². The minimum Gasteiger partial charge on any atom is -0.465 e. The number of rotatable bonds is 3. The number of carbonyl (C=O) groups excluding carboxylic acids is 2. The standard InChI is InChI=1S/C24H18N2O5S/c1-12-8-10-14(11-9-12)18-17-19(27)15-6-4-5-7-16(15)31-20(17)22(28)26(18)24-25-13(2)21(32-24)23(29)30-3/h4-11,18H,1-3H3/t18-/m0/s1. The lowest BCUT2D eigenvalue weighted by Gasteiger charge is -2.22. The number of aryl methyl sites for hydroxylation is 2. The molecule has 0 unspecified atom stereocenters. The molecule has 2 aromatic carbocycles. The Balaban J connectivity index is 1.78. The van der Waals surface area contributed by atoms with Gasteiger partial charge in [0, 0.05) is 0 Å². The van der Waals surface area contributed by atoms with Crippen molar-refractivity contribution in [2.24, 2.45) is 0 Å². The highest BCUT2D eigenvalue weighted by Gasteiger charge is 2.45. The van der Waals surface area contributed by atoms with E-state index in [1.165, 1.54) is 12.0 Å². The van der Waals surface area contributed by atoms with Gasteiger partial charge in [-0.3, -0.25) is 14.5 Å². The van der Waals surface area contributed by atoms with Crippen molar-refractivity contribution in [3.05, 3.63) is 91.8 Å². The van der Waals surface area contributed by atoms with Gasteiger partial charge in [-0.1, -0.05) is 53.3 Å². The third-order valence-corrected chi connectivity index (χ3v) is 6.67. The second-order valence-electron chi connectivity index (χ2n) is 7.56. The van der Waals surface area contributed by atoms with Gasteiger partial charge in [0.1, 0.15) is 10.5 Å². The number of benzene rings is 2. The van der Waals surface area contributed by atoms with E-state index in [1.54, 1.807) is 31.2 Å². The molecular weight excluding hydrogens is 428 g/mol. The van der Waals surface area contributed by atoms with E-state index in [9.17, 15) is 14.4 Å². The lowest BCUT2D eigenvalue weighted by Crippen LogP contribution is -2.29. The van der Waals surface area contributed by atoms with E-state index in [2.05, 4.69) is 4.98 Å². The first-order chi connectivity index (χ1) is 15.4. The zero-order chi connectivity index (χ0) is 22.6. The van der Waals surface area contributed by atoms with Crippen LogP contribution in [0.15, 0.2) is 57.7 Å². The summed E-state index contributed by atoms with van der Waals surface area (Å²) >= 11 is 1.05. The zero-order valence-corrected chi connectivity index (χ0v) is 18.4. The van der Waals surface area contributed by atoms with E-state index in [0.717, 1.165) is 22.5 Å². The summed E-state index contributed by atoms with van der Waals surface area (Å²) in [5.74, 6) is -1.01. The predicted octanol–water partition coefficient (Wildman–Crippen LogP) is 4.40. The summed E-state index contributed by atoms with van der Waals surface area (Å²) in [6.07, 6.45) is 0. The summed E-state index contributed by atoms with van der Waals surface area (Å²) in [7, 11) is 1.29. The summed E-state index contributed by atoms with van der Waals surface area (Å²) in [6.45, 7) is 3.64. The van der Waals surface area contributed by atoms with Crippen molar-refractivity contribution in [2.75, 3.05) is 12.0 Å². The van der Waals surface area contributed by atoms with Gasteiger partial charge in [-0.2, -0.15) is 0 Å². The molecule has 0 radical (unpaired) electrons. The Hall–Kier alpha value is -3.78. The number of methoxy groups -OCH3 is 1. The summed E-state index contributed by atoms with van der Waals surface area (Å²) in [5, 5.41) is 0.705. The quantitative estimate of drug-likeness (QED) is 0.433. The fraction of sp³-hybridized carbons (Fsp3) is 0.167. The molecule has 7 nitrogen and oxygen atoms in total. The number of thiazole rings is 1. The Morgan fingerprint density at radius 2 is 1.81 bits per heavy atom. The Kier molecular flexibility index (Phi) is 4.67. The molecule has 1 aliphatic rings. The number of hydrogen-bond acceptors (Lipinski definition) is 7. The fourth-order valence-corrected chi connectivity index (χ4v) is 4.96. The average molecular weight is 446 g/mol. The van der Waals surface area contributed by atoms with Crippen molar-refractivity contribution in [1.29, 1.82) is 0 Å². The number of ether oxygens (including phenoxy) is 1. The molecule has 1 atom stereocenters. The molecule has 0 bridgehead atoms. The van der Waals surface area contributed by atoms with Gasteiger partial charge in [-0.05, 0) is 31.5 Å². The molecule has 1 amide bonds. The number of fused-ring (bicyclic) bond motifs is 2. The van der Waals surface area contributed by atoms with E-state index in [0.29, 0.717) is 26.7 Å². The van der Waals surface area contributed by atoms with E-state index >= 15 is 0 Å². The van der Waals surface area contributed by atoms with Crippen LogP contribution in [0.25, 0.3) is 11.0 Å². The highest BCUT2D eigenvalue weighted by Crippen LogP contribution is 2.43. The van der Waals surface area contributed by atoms with Crippen LogP contribution in [0, 0.1) is 13.8 Å². The molecule has 0 aliphatic carbocycles. The molecule has 0 spiro atoms. The molecule has 32 heavy (non-hydrogen) atoms. The molecule has 0 fully saturated rings. The van der Waals surface area contributed by atoms with Crippen LogP contribution in [0.4, 0.5) is 5.13 Å². The number of carbonyl (C=O) groups is 2. The SMILES string of the molecule is COC(=O)c1sc(N2C(=O)c3oc4ccccc4c(=O)c3[C@@H]2c2ccc(C)cc2)nc1C. The van der Waals surface area contributed by atoms with Crippen LogP contribution in [0.3, 0.4) is 0 Å². The van der Waals surface area contributed by atoms with Gasteiger partial charge in [-0.25, -0.2) is 9.78 Å². The minimum absolute atomic E-state index is 0.00764. The molecule has 1 aliphatic heterocycles. The molecule has 0 N–H and O–H groups in total. The first-order valence-electron chi connectivity index (χ1n) is 9.92. The Morgan fingerprint density at radius 3 is 2.53 bits per heavy atom. The first kappa shape index (κ1) is 20.1. The number of para-hydroxylation sites is 1. The van der Waals surface area contributed by atoms with Crippen molar-refractivity contribution in [1.82, 2.24) is 4.98 Å². The van der Waals surface area contributed by atoms with Gasteiger partial charge >= 0.3 is 5.97 Å². The summed E-state index contributed by atoms with van der Waals surface area (Å²) in [6, 6.07) is 13.7. The van der Waals surface area contributed by atoms with Crippen molar-refractivity contribution < 1.29 is 18.7 Å². The van der Waals surface area contributed by atoms with Gasteiger partial charge in [0.05, 0.1) is 29.8 Å². The van der Waals surface area contributed by atoms with Gasteiger partial charge in [0.2, 0.25) is 5.76 Å². The molecular formula is C24H18N2O5S. The predicted molar refractivity (Wildman–Crippen MR) is 121 cm³/mol. The van der Waals surface area contributed by atoms with E-state index < -0.39 is 17.9 Å². The van der Waals surface area contributed by atoms with Crippen LogP contribution in [0.1, 0.15) is 48.7 Å². The smallest absolute Gasteiger partial charge is 0.350 e. The number of nitrogens with zero attached hydrogens (tertiary/aromatic N) is 2. The number of aromatic nitrogens is 1. The normalized spacial score (nSPS) is 15.3. The second-order valence-corrected chi connectivity index (χ2v) is 8.54. The topological polar surface area (TPSA) is 89.7 Å². The monoisotopic (exact) mass is 446 g/mol. The second kappa shape index (κ2) is 7.42. The van der Waals surface area contributed by atoms with Crippen molar-refractivity contribution in [3.63, 3.8) is 0 Å². The summed E-state index contributed by atoms with van der Waals surface area (Å²) < 4.78 is 10.8. The number of anilines is 1. The average Bonchev–Trinajstić information content (AvgIpc) is 3.31. The maximum absolute atomic E-state index is 13.5. The maximum Gasteiger partial charge on any atom is 0.350 e.